The standard InChI is InChI=1S/C23H26ClN5OS/c1-17-2-4-18(5-3-17)14-25-22(30)23-27-26-21(31-23)16-29-12-10-28(11-13-29)15-19-6-8-20(24)9-7-19/h2-9H,10-16H2,1H3,(H,25,30). The predicted octanol–water partition coefficient (Wildman–Crippen LogP) is 3.75. The number of piperazine rings is 1. The quantitative estimate of drug-likeness (QED) is 0.588. The van der Waals surface area contributed by atoms with E-state index in [0.29, 0.717) is 11.6 Å². The highest BCUT2D eigenvalue weighted by Crippen LogP contribution is 2.16. The maximum absolute atomic E-state index is 12.4. The molecular weight excluding hydrogens is 430 g/mol. The molecule has 1 saturated heterocycles. The van der Waals surface area contributed by atoms with Crippen LogP contribution in [0.4, 0.5) is 0 Å². The Morgan fingerprint density at radius 3 is 2.23 bits per heavy atom. The van der Waals surface area contributed by atoms with Gasteiger partial charge in [0.2, 0.25) is 5.01 Å². The van der Waals surface area contributed by atoms with Gasteiger partial charge in [-0.15, -0.1) is 10.2 Å². The van der Waals surface area contributed by atoms with Crippen molar-refractivity contribution in [2.45, 2.75) is 26.6 Å². The summed E-state index contributed by atoms with van der Waals surface area (Å²) in [5, 5.41) is 13.3. The molecule has 4 rings (SSSR count). The van der Waals surface area contributed by atoms with Crippen LogP contribution in [-0.2, 0) is 19.6 Å². The number of nitrogens with one attached hydrogen (secondary N) is 1. The number of amides is 1. The molecule has 0 radical (unpaired) electrons. The van der Waals surface area contributed by atoms with Crippen molar-refractivity contribution in [1.82, 2.24) is 25.3 Å². The molecule has 8 heteroatoms. The summed E-state index contributed by atoms with van der Waals surface area (Å²) in [4.78, 5) is 17.2. The Kier molecular flexibility index (Phi) is 7.29. The van der Waals surface area contributed by atoms with Crippen LogP contribution in [-0.4, -0.2) is 52.1 Å². The van der Waals surface area contributed by atoms with Gasteiger partial charge in [0.15, 0.2) is 0 Å². The average molecular weight is 456 g/mol. The second kappa shape index (κ2) is 10.3. The molecule has 1 N–H and O–H groups in total. The maximum Gasteiger partial charge on any atom is 0.282 e. The number of carbonyl (C=O) groups excluding carboxylic acids is 1. The maximum atomic E-state index is 12.4. The summed E-state index contributed by atoms with van der Waals surface area (Å²) in [5.74, 6) is -0.169. The van der Waals surface area contributed by atoms with Gasteiger partial charge in [-0.05, 0) is 30.2 Å². The lowest BCUT2D eigenvalue weighted by molar-refractivity contribution is 0.0950. The minimum absolute atomic E-state index is 0.169. The SMILES string of the molecule is Cc1ccc(CNC(=O)c2nnc(CN3CCN(Cc4ccc(Cl)cc4)CC3)s2)cc1. The van der Waals surface area contributed by atoms with Crippen LogP contribution in [0.2, 0.25) is 5.02 Å². The van der Waals surface area contributed by atoms with Gasteiger partial charge in [0.1, 0.15) is 5.01 Å². The molecular formula is C23H26ClN5OS. The topological polar surface area (TPSA) is 61.4 Å². The van der Waals surface area contributed by atoms with Gasteiger partial charge in [0.05, 0.1) is 6.54 Å². The highest BCUT2D eigenvalue weighted by molar-refractivity contribution is 7.13. The molecule has 1 aliphatic heterocycles. The molecule has 0 atom stereocenters. The molecule has 31 heavy (non-hydrogen) atoms. The number of nitrogens with zero attached hydrogens (tertiary/aromatic N) is 4. The van der Waals surface area contributed by atoms with Crippen LogP contribution < -0.4 is 5.32 Å². The first-order valence-electron chi connectivity index (χ1n) is 10.4. The Morgan fingerprint density at radius 1 is 0.935 bits per heavy atom. The molecule has 1 aliphatic rings. The Bertz CT molecular complexity index is 998. The molecule has 0 aliphatic carbocycles. The summed E-state index contributed by atoms with van der Waals surface area (Å²) in [6.07, 6.45) is 0. The third kappa shape index (κ3) is 6.33. The van der Waals surface area contributed by atoms with E-state index in [1.165, 1.54) is 22.5 Å². The zero-order valence-corrected chi connectivity index (χ0v) is 19.1. The van der Waals surface area contributed by atoms with Crippen molar-refractivity contribution in [3.8, 4) is 0 Å². The summed E-state index contributed by atoms with van der Waals surface area (Å²) in [6.45, 7) is 8.17. The first kappa shape index (κ1) is 21.9. The third-order valence-electron chi connectivity index (χ3n) is 5.38. The molecule has 162 valence electrons. The first-order chi connectivity index (χ1) is 15.0. The average Bonchev–Trinajstić information content (AvgIpc) is 3.25. The highest BCUT2D eigenvalue weighted by Gasteiger charge is 2.20. The monoisotopic (exact) mass is 455 g/mol. The van der Waals surface area contributed by atoms with Gasteiger partial charge in [0.25, 0.3) is 5.91 Å². The van der Waals surface area contributed by atoms with Crippen molar-refractivity contribution in [1.29, 1.82) is 0 Å². The molecule has 3 aromatic rings. The van der Waals surface area contributed by atoms with Crippen molar-refractivity contribution >= 4 is 28.8 Å². The number of aromatic nitrogens is 2. The fourth-order valence-electron chi connectivity index (χ4n) is 3.52. The van der Waals surface area contributed by atoms with Gasteiger partial charge in [-0.1, -0.05) is 64.9 Å². The largest absolute Gasteiger partial charge is 0.346 e. The van der Waals surface area contributed by atoms with Gasteiger partial charge in [-0.25, -0.2) is 0 Å². The fraction of sp³-hybridized carbons (Fsp3) is 0.348. The number of carbonyl (C=O) groups is 1. The van der Waals surface area contributed by atoms with Crippen LogP contribution in [0.15, 0.2) is 48.5 Å². The first-order valence-corrected chi connectivity index (χ1v) is 11.6. The summed E-state index contributed by atoms with van der Waals surface area (Å²) >= 11 is 7.34. The molecule has 2 heterocycles. The summed E-state index contributed by atoms with van der Waals surface area (Å²) in [6, 6.07) is 16.2. The van der Waals surface area contributed by atoms with E-state index in [0.717, 1.165) is 54.9 Å². The number of aryl methyl sites for hydroxylation is 1. The summed E-state index contributed by atoms with van der Waals surface area (Å²) in [5.41, 5.74) is 3.55. The molecule has 1 amide bonds. The number of benzene rings is 2. The Labute approximate surface area is 191 Å². The van der Waals surface area contributed by atoms with E-state index >= 15 is 0 Å². The van der Waals surface area contributed by atoms with E-state index in [4.69, 9.17) is 11.6 Å². The van der Waals surface area contributed by atoms with E-state index in [1.807, 2.05) is 43.3 Å². The highest BCUT2D eigenvalue weighted by atomic mass is 35.5. The Morgan fingerprint density at radius 2 is 1.55 bits per heavy atom. The van der Waals surface area contributed by atoms with Crippen molar-refractivity contribution < 1.29 is 4.79 Å². The second-order valence-electron chi connectivity index (χ2n) is 7.85. The van der Waals surface area contributed by atoms with Crippen LogP contribution >= 0.6 is 22.9 Å². The van der Waals surface area contributed by atoms with Crippen molar-refractivity contribution in [2.75, 3.05) is 26.2 Å². The smallest absolute Gasteiger partial charge is 0.282 e. The number of halogens is 1. The molecule has 6 nitrogen and oxygen atoms in total. The second-order valence-corrected chi connectivity index (χ2v) is 9.35. The van der Waals surface area contributed by atoms with Crippen LogP contribution in [0, 0.1) is 6.92 Å². The van der Waals surface area contributed by atoms with E-state index in [9.17, 15) is 4.79 Å². The lowest BCUT2D eigenvalue weighted by atomic mass is 10.1. The molecule has 0 saturated carbocycles. The number of hydrogen-bond donors (Lipinski definition) is 1. The molecule has 2 aromatic carbocycles. The van der Waals surface area contributed by atoms with Crippen LogP contribution in [0.3, 0.4) is 0 Å². The van der Waals surface area contributed by atoms with Crippen LogP contribution in [0.5, 0.6) is 0 Å². The number of rotatable bonds is 7. The summed E-state index contributed by atoms with van der Waals surface area (Å²) in [7, 11) is 0. The summed E-state index contributed by atoms with van der Waals surface area (Å²) < 4.78 is 0. The molecule has 1 aromatic heterocycles. The zero-order chi connectivity index (χ0) is 21.6. The normalized spacial score (nSPS) is 15.2. The third-order valence-corrected chi connectivity index (χ3v) is 6.54. The van der Waals surface area contributed by atoms with E-state index in [-0.39, 0.29) is 5.91 Å². The molecule has 1 fully saturated rings. The van der Waals surface area contributed by atoms with Gasteiger partial charge >= 0.3 is 0 Å². The van der Waals surface area contributed by atoms with E-state index in [1.54, 1.807) is 0 Å². The van der Waals surface area contributed by atoms with E-state index < -0.39 is 0 Å². The van der Waals surface area contributed by atoms with Gasteiger partial charge in [-0.2, -0.15) is 0 Å². The fourth-order valence-corrected chi connectivity index (χ4v) is 4.44. The minimum Gasteiger partial charge on any atom is -0.346 e. The number of hydrogen-bond acceptors (Lipinski definition) is 6. The van der Waals surface area contributed by atoms with Gasteiger partial charge in [0, 0.05) is 44.3 Å². The predicted molar refractivity (Wildman–Crippen MR) is 124 cm³/mol. The Balaban J connectivity index is 1.22. The van der Waals surface area contributed by atoms with Crippen LogP contribution in [0.25, 0.3) is 0 Å². The molecule has 0 spiro atoms. The van der Waals surface area contributed by atoms with Crippen molar-refractivity contribution in [2.24, 2.45) is 0 Å². The van der Waals surface area contributed by atoms with Gasteiger partial charge < -0.3 is 5.32 Å². The van der Waals surface area contributed by atoms with Crippen LogP contribution in [0.1, 0.15) is 31.5 Å². The van der Waals surface area contributed by atoms with Crippen molar-refractivity contribution in [3.05, 3.63) is 80.3 Å². The molecule has 0 bridgehead atoms. The van der Waals surface area contributed by atoms with Gasteiger partial charge in [-0.3, -0.25) is 14.6 Å². The lowest BCUT2D eigenvalue weighted by Crippen LogP contribution is -2.45. The minimum atomic E-state index is -0.169. The Hall–Kier alpha value is -2.32. The van der Waals surface area contributed by atoms with E-state index in [2.05, 4.69) is 37.4 Å². The zero-order valence-electron chi connectivity index (χ0n) is 17.6. The lowest BCUT2D eigenvalue weighted by Gasteiger charge is -2.34. The molecule has 0 unspecified atom stereocenters. The van der Waals surface area contributed by atoms with Crippen molar-refractivity contribution in [3.63, 3.8) is 0 Å².